The Kier molecular flexibility index (Phi) is 8.74. The number of nitrogens with zero attached hydrogens (tertiary/aromatic N) is 2. The van der Waals surface area contributed by atoms with E-state index in [1.54, 1.807) is 34.0 Å². The van der Waals surface area contributed by atoms with Crippen LogP contribution in [0, 0.1) is 11.3 Å². The maximum atomic E-state index is 14.1. The number of Topliss-reactive ketones (excluding diaryl/α,β-unsaturated/α-hetero) is 1. The van der Waals surface area contributed by atoms with E-state index in [-0.39, 0.29) is 31.1 Å². The molecule has 1 saturated heterocycles. The normalized spacial score (nSPS) is 23.8. The van der Waals surface area contributed by atoms with Gasteiger partial charge in [-0.3, -0.25) is 19.2 Å². The van der Waals surface area contributed by atoms with Gasteiger partial charge in [-0.1, -0.05) is 36.4 Å². The fourth-order valence-electron chi connectivity index (χ4n) is 6.36. The average molecular weight is 676 g/mol. The summed E-state index contributed by atoms with van der Waals surface area (Å²) in [6, 6.07) is 16.0. The van der Waals surface area contributed by atoms with Crippen LogP contribution in [0.5, 0.6) is 11.5 Å². The number of sulfonamides is 1. The van der Waals surface area contributed by atoms with Gasteiger partial charge in [0.1, 0.15) is 23.2 Å². The van der Waals surface area contributed by atoms with E-state index in [4.69, 9.17) is 19.2 Å². The van der Waals surface area contributed by atoms with Crippen LogP contribution in [0.2, 0.25) is 0 Å². The molecule has 1 N–H and O–H groups in total. The molecule has 1 aromatic heterocycles. The minimum atomic E-state index is -3.81. The van der Waals surface area contributed by atoms with Crippen LogP contribution in [0.4, 0.5) is 4.79 Å². The molecule has 0 unspecified atom stereocenters. The number of pyridine rings is 1. The summed E-state index contributed by atoms with van der Waals surface area (Å²) in [7, 11) is -2.23. The Balaban J connectivity index is 1.29. The summed E-state index contributed by atoms with van der Waals surface area (Å²) in [5, 5.41) is 0.145. The lowest BCUT2D eigenvalue weighted by Gasteiger charge is -2.28. The summed E-state index contributed by atoms with van der Waals surface area (Å²) in [5.41, 5.74) is 0.148. The van der Waals surface area contributed by atoms with Gasteiger partial charge in [-0.05, 0) is 58.1 Å². The zero-order chi connectivity index (χ0) is 34.4. The molecule has 2 heterocycles. The second-order valence-corrected chi connectivity index (χ2v) is 15.9. The van der Waals surface area contributed by atoms with E-state index < -0.39 is 50.4 Å². The Labute approximate surface area is 280 Å². The molecule has 254 valence electrons. The Morgan fingerprint density at radius 1 is 1.10 bits per heavy atom. The van der Waals surface area contributed by atoms with Crippen molar-refractivity contribution in [3.05, 3.63) is 67.3 Å². The predicted octanol–water partition coefficient (Wildman–Crippen LogP) is 5.43. The highest BCUT2D eigenvalue weighted by Crippen LogP contribution is 2.57. The number of hydrogen-bond donors (Lipinski definition) is 1. The third kappa shape index (κ3) is 6.89. The summed E-state index contributed by atoms with van der Waals surface area (Å²) in [5.74, 6) is -0.275. The van der Waals surface area contributed by atoms with Gasteiger partial charge < -0.3 is 14.2 Å². The number of likely N-dealkylation sites (tertiary alicyclic amines) is 1. The van der Waals surface area contributed by atoms with Crippen molar-refractivity contribution in [2.45, 2.75) is 75.9 Å². The van der Waals surface area contributed by atoms with E-state index in [9.17, 15) is 22.8 Å². The molecule has 3 aromatic rings. The first-order valence-corrected chi connectivity index (χ1v) is 17.7. The summed E-state index contributed by atoms with van der Waals surface area (Å²) in [6.45, 7) is 9.09. The number of hydrogen-bond acceptors (Lipinski definition) is 9. The number of rotatable bonds is 11. The predicted molar refractivity (Wildman–Crippen MR) is 180 cm³/mol. The SMILES string of the molecule is C=C[C@@H]1C[C@]1(CC(=O)[C@@H]1C[C@@H](Oc2cc(-c3ccccc3)nc3cc(OC)ccc23)CN1C(=O)OC(C)(C)C)C(=O)NS(=O)(=O)C1CC1. The van der Waals surface area contributed by atoms with Crippen LogP contribution in [-0.4, -0.2) is 72.7 Å². The zero-order valence-electron chi connectivity index (χ0n) is 27.6. The molecule has 48 heavy (non-hydrogen) atoms. The van der Waals surface area contributed by atoms with Crippen molar-refractivity contribution in [3.8, 4) is 22.8 Å². The third-order valence-corrected chi connectivity index (χ3v) is 11.0. The van der Waals surface area contributed by atoms with Gasteiger partial charge in [-0.25, -0.2) is 18.2 Å². The zero-order valence-corrected chi connectivity index (χ0v) is 28.4. The Morgan fingerprint density at radius 2 is 1.83 bits per heavy atom. The van der Waals surface area contributed by atoms with Crippen molar-refractivity contribution in [2.24, 2.45) is 11.3 Å². The van der Waals surface area contributed by atoms with Gasteiger partial charge >= 0.3 is 6.09 Å². The van der Waals surface area contributed by atoms with Crippen LogP contribution in [0.1, 0.15) is 52.9 Å². The van der Waals surface area contributed by atoms with E-state index in [2.05, 4.69) is 11.3 Å². The highest BCUT2D eigenvalue weighted by atomic mass is 32.2. The van der Waals surface area contributed by atoms with Crippen molar-refractivity contribution in [1.29, 1.82) is 0 Å². The number of allylic oxidation sites excluding steroid dienone is 1. The molecule has 0 spiro atoms. The third-order valence-electron chi connectivity index (χ3n) is 9.16. The van der Waals surface area contributed by atoms with E-state index in [0.29, 0.717) is 42.0 Å². The summed E-state index contributed by atoms with van der Waals surface area (Å²) >= 11 is 0. The van der Waals surface area contributed by atoms with Crippen molar-refractivity contribution in [2.75, 3.05) is 13.7 Å². The van der Waals surface area contributed by atoms with Gasteiger partial charge in [0, 0.05) is 35.9 Å². The fourth-order valence-corrected chi connectivity index (χ4v) is 7.74. The lowest BCUT2D eigenvalue weighted by molar-refractivity contribution is -0.131. The first kappa shape index (κ1) is 33.5. The smallest absolute Gasteiger partial charge is 0.411 e. The monoisotopic (exact) mass is 675 g/mol. The van der Waals surface area contributed by atoms with Crippen LogP contribution in [0.25, 0.3) is 22.2 Å². The fraction of sp³-hybridized carbons (Fsp3) is 0.444. The van der Waals surface area contributed by atoms with Gasteiger partial charge in [-0.2, -0.15) is 0 Å². The molecule has 0 radical (unpaired) electrons. The molecule has 12 heteroatoms. The first-order chi connectivity index (χ1) is 22.7. The Morgan fingerprint density at radius 3 is 2.46 bits per heavy atom. The van der Waals surface area contributed by atoms with Crippen molar-refractivity contribution in [1.82, 2.24) is 14.6 Å². The Hall–Kier alpha value is -4.45. The molecule has 3 aliphatic rings. The Bertz CT molecular complexity index is 1870. The number of benzene rings is 2. The lowest BCUT2D eigenvalue weighted by atomic mass is 9.91. The number of aromatic nitrogens is 1. The van der Waals surface area contributed by atoms with Gasteiger partial charge in [0.2, 0.25) is 15.9 Å². The average Bonchev–Trinajstić information content (AvgIpc) is 3.97. The molecule has 2 amide bonds. The summed E-state index contributed by atoms with van der Waals surface area (Å²) in [4.78, 5) is 47.2. The number of fused-ring (bicyclic) bond motifs is 1. The number of ether oxygens (including phenoxy) is 3. The van der Waals surface area contributed by atoms with Crippen molar-refractivity contribution >= 4 is 38.7 Å². The van der Waals surface area contributed by atoms with Gasteiger partial charge in [-0.15, -0.1) is 6.58 Å². The van der Waals surface area contributed by atoms with Crippen molar-refractivity contribution < 1.29 is 37.0 Å². The molecule has 2 aromatic carbocycles. The number of ketones is 1. The molecular formula is C36H41N3O8S. The summed E-state index contributed by atoms with van der Waals surface area (Å²) < 4.78 is 45.2. The minimum Gasteiger partial charge on any atom is -0.497 e. The highest BCUT2D eigenvalue weighted by Gasteiger charge is 2.61. The lowest BCUT2D eigenvalue weighted by Crippen LogP contribution is -2.46. The van der Waals surface area contributed by atoms with E-state index in [1.807, 2.05) is 54.6 Å². The maximum absolute atomic E-state index is 14.1. The molecular weight excluding hydrogens is 634 g/mol. The molecule has 2 saturated carbocycles. The largest absolute Gasteiger partial charge is 0.497 e. The van der Waals surface area contributed by atoms with Crippen molar-refractivity contribution in [3.63, 3.8) is 0 Å². The van der Waals surface area contributed by atoms with E-state index >= 15 is 0 Å². The highest BCUT2D eigenvalue weighted by molar-refractivity contribution is 7.90. The molecule has 3 fully saturated rings. The van der Waals surface area contributed by atoms with Crippen LogP contribution in [0.15, 0.2) is 67.3 Å². The number of methoxy groups -OCH3 is 1. The summed E-state index contributed by atoms with van der Waals surface area (Å²) in [6.07, 6.45) is 1.50. The maximum Gasteiger partial charge on any atom is 0.411 e. The number of nitrogens with one attached hydrogen (secondary N) is 1. The van der Waals surface area contributed by atoms with Gasteiger partial charge in [0.25, 0.3) is 0 Å². The molecule has 4 atom stereocenters. The molecule has 6 rings (SSSR count). The van der Waals surface area contributed by atoms with E-state index in [0.717, 1.165) is 10.9 Å². The van der Waals surface area contributed by atoms with Gasteiger partial charge in [0.05, 0.1) is 41.6 Å². The molecule has 2 aliphatic carbocycles. The van der Waals surface area contributed by atoms with Crippen LogP contribution >= 0.6 is 0 Å². The van der Waals surface area contributed by atoms with Gasteiger partial charge in [0.15, 0.2) is 5.78 Å². The topological polar surface area (TPSA) is 141 Å². The number of carbonyl (C=O) groups is 3. The van der Waals surface area contributed by atoms with Crippen LogP contribution in [-0.2, 0) is 24.3 Å². The first-order valence-electron chi connectivity index (χ1n) is 16.1. The molecule has 1 aliphatic heterocycles. The molecule has 0 bridgehead atoms. The van der Waals surface area contributed by atoms with E-state index in [1.165, 1.54) is 4.90 Å². The molecule has 11 nitrogen and oxygen atoms in total. The van der Waals surface area contributed by atoms with Crippen LogP contribution in [0.3, 0.4) is 0 Å². The quantitative estimate of drug-likeness (QED) is 0.264. The second kappa shape index (κ2) is 12.5. The van der Waals surface area contributed by atoms with Crippen LogP contribution < -0.4 is 14.2 Å². The number of amides is 2. The standard InChI is InChI=1S/C36H41N3O8S/c1-6-23-19-36(23,33(41)38-48(43,44)26-13-14-26)20-31(40)30-17-25(21-39(30)34(42)47-35(2,3)4)46-32-18-28(22-10-8-7-9-11-22)37-29-16-24(45-5)12-15-27(29)32/h6-12,15-16,18,23,25-26,30H,1,13-14,17,19-21H2,2-5H3,(H,38,41)/t23-,25-,30+,36-/m1/s1. The minimum absolute atomic E-state index is 0.0616. The second-order valence-electron chi connectivity index (χ2n) is 13.9. The number of carbonyl (C=O) groups excluding carboxylic acids is 3.